The van der Waals surface area contributed by atoms with Gasteiger partial charge < -0.3 is 4.74 Å². The van der Waals surface area contributed by atoms with Crippen LogP contribution in [0.5, 0.6) is 0 Å². The average Bonchev–Trinajstić information content (AvgIpc) is 2.96. The molecule has 3 nitrogen and oxygen atoms in total. The molecule has 4 heteroatoms. The summed E-state index contributed by atoms with van der Waals surface area (Å²) < 4.78 is 5.97. The number of piperidine rings is 1. The van der Waals surface area contributed by atoms with Gasteiger partial charge >= 0.3 is 0 Å². The Morgan fingerprint density at radius 3 is 1.46 bits per heavy atom. The molecule has 1 heterocycles. The molecular formula is C33H44NO2P+. The van der Waals surface area contributed by atoms with Gasteiger partial charge in [-0.2, -0.15) is 5.06 Å². The number of unbranched alkanes of at least 4 members (excludes halogenated alkanes) is 7. The highest BCUT2D eigenvalue weighted by molar-refractivity contribution is 7.95. The van der Waals surface area contributed by atoms with E-state index in [0.717, 1.165) is 30.9 Å². The molecule has 0 aliphatic carbocycles. The van der Waals surface area contributed by atoms with Crippen LogP contribution in [0.4, 0.5) is 0 Å². The molecule has 1 aliphatic heterocycles. The van der Waals surface area contributed by atoms with E-state index in [4.69, 9.17) is 4.74 Å². The van der Waals surface area contributed by atoms with Crippen LogP contribution in [0.1, 0.15) is 64.2 Å². The van der Waals surface area contributed by atoms with Gasteiger partial charge in [0.1, 0.15) is 23.2 Å². The summed E-state index contributed by atoms with van der Waals surface area (Å²) in [5.74, 6) is 0. The molecule has 0 saturated carbocycles. The Kier molecular flexibility index (Phi) is 11.6. The molecule has 0 spiro atoms. The quantitative estimate of drug-likeness (QED) is 0.162. The van der Waals surface area contributed by atoms with Crippen molar-refractivity contribution in [3.8, 4) is 0 Å². The van der Waals surface area contributed by atoms with Crippen LogP contribution >= 0.6 is 7.26 Å². The Bertz CT molecular complexity index is 894. The van der Waals surface area contributed by atoms with E-state index in [2.05, 4.69) is 91.0 Å². The molecule has 0 amide bonds. The molecule has 0 bridgehead atoms. The summed E-state index contributed by atoms with van der Waals surface area (Å²) in [6.07, 6.45) is 13.6. The lowest BCUT2D eigenvalue weighted by Gasteiger charge is -2.27. The molecular weight excluding hydrogens is 473 g/mol. The number of rotatable bonds is 15. The van der Waals surface area contributed by atoms with Gasteiger partial charge in [0, 0.05) is 19.7 Å². The van der Waals surface area contributed by atoms with Crippen LogP contribution in [0.15, 0.2) is 91.0 Å². The maximum Gasteiger partial charge on any atom is 0.112 e. The zero-order valence-electron chi connectivity index (χ0n) is 22.3. The van der Waals surface area contributed by atoms with Crippen LogP contribution in [0.25, 0.3) is 0 Å². The second kappa shape index (κ2) is 15.4. The SMILES string of the molecule is [O]N1CCC(OCCCCCCCCCC[P+](c2ccccc2)(c2ccccc2)c2ccccc2)CC1. The minimum atomic E-state index is -1.68. The van der Waals surface area contributed by atoms with Crippen molar-refractivity contribution in [1.82, 2.24) is 5.06 Å². The highest BCUT2D eigenvalue weighted by Gasteiger charge is 2.44. The lowest BCUT2D eigenvalue weighted by molar-refractivity contribution is -0.183. The first-order valence-electron chi connectivity index (χ1n) is 14.4. The fourth-order valence-corrected chi connectivity index (χ4v) is 10.1. The Morgan fingerprint density at radius 2 is 1.00 bits per heavy atom. The number of hydrogen-bond donors (Lipinski definition) is 0. The lowest BCUT2D eigenvalue weighted by Crippen LogP contribution is -2.33. The highest BCUT2D eigenvalue weighted by Crippen LogP contribution is 2.56. The molecule has 0 atom stereocenters. The molecule has 1 aliphatic rings. The summed E-state index contributed by atoms with van der Waals surface area (Å²) in [5, 5.41) is 16.9. The van der Waals surface area contributed by atoms with Crippen LogP contribution in [0.3, 0.4) is 0 Å². The third kappa shape index (κ3) is 8.23. The number of hydroxylamine groups is 2. The molecule has 0 aromatic heterocycles. The van der Waals surface area contributed by atoms with Crippen molar-refractivity contribution in [3.05, 3.63) is 91.0 Å². The summed E-state index contributed by atoms with van der Waals surface area (Å²) in [5.41, 5.74) is 0. The van der Waals surface area contributed by atoms with E-state index in [-0.39, 0.29) is 0 Å². The van der Waals surface area contributed by atoms with Gasteiger partial charge in [-0.1, -0.05) is 86.7 Å². The minimum absolute atomic E-state index is 0.308. The van der Waals surface area contributed by atoms with Crippen molar-refractivity contribution in [2.24, 2.45) is 0 Å². The maximum atomic E-state index is 11.3. The molecule has 37 heavy (non-hydrogen) atoms. The third-order valence-electron chi connectivity index (χ3n) is 7.73. The van der Waals surface area contributed by atoms with Gasteiger partial charge in [0.15, 0.2) is 0 Å². The lowest BCUT2D eigenvalue weighted by atomic mass is 10.1. The molecule has 1 radical (unpaired) electrons. The molecule has 3 aromatic carbocycles. The zero-order valence-corrected chi connectivity index (χ0v) is 23.2. The van der Waals surface area contributed by atoms with Gasteiger partial charge in [-0.15, -0.1) is 5.21 Å². The topological polar surface area (TPSA) is 32.4 Å². The Labute approximate surface area is 225 Å². The first-order valence-corrected chi connectivity index (χ1v) is 16.3. The molecule has 0 unspecified atom stereocenters. The Morgan fingerprint density at radius 1 is 0.595 bits per heavy atom. The fourth-order valence-electron chi connectivity index (χ4n) is 5.64. The summed E-state index contributed by atoms with van der Waals surface area (Å²) in [4.78, 5) is 0. The van der Waals surface area contributed by atoms with E-state index in [1.807, 2.05) is 0 Å². The van der Waals surface area contributed by atoms with Crippen LogP contribution in [-0.4, -0.2) is 37.0 Å². The standard InChI is InChI=1S/C33H44NO2P/c35-34-26-24-30(25-27-34)36-28-16-5-3-1-2-4-6-17-29-37(31-18-10-7-11-19-31,32-20-12-8-13-21-32)33-22-14-9-15-23-33/h7-15,18-23,30H,1-6,16-17,24-29H2/q+1. The molecule has 1 fully saturated rings. The Hall–Kier alpha value is -2.03. The van der Waals surface area contributed by atoms with Crippen molar-refractivity contribution in [2.75, 3.05) is 25.9 Å². The number of hydrogen-bond acceptors (Lipinski definition) is 2. The number of ether oxygens (including phenoxy) is 1. The van der Waals surface area contributed by atoms with E-state index in [1.165, 1.54) is 67.0 Å². The van der Waals surface area contributed by atoms with Gasteiger partial charge in [0.2, 0.25) is 0 Å². The predicted molar refractivity (Wildman–Crippen MR) is 158 cm³/mol. The minimum Gasteiger partial charge on any atom is -0.378 e. The van der Waals surface area contributed by atoms with Crippen LogP contribution in [-0.2, 0) is 9.94 Å². The smallest absolute Gasteiger partial charge is 0.112 e. The molecule has 197 valence electrons. The summed E-state index contributed by atoms with van der Waals surface area (Å²) >= 11 is 0. The number of benzene rings is 3. The van der Waals surface area contributed by atoms with Crippen molar-refractivity contribution in [2.45, 2.75) is 70.3 Å². The fraction of sp³-hybridized carbons (Fsp3) is 0.455. The van der Waals surface area contributed by atoms with Crippen LogP contribution in [0.2, 0.25) is 0 Å². The summed E-state index contributed by atoms with van der Waals surface area (Å²) in [6, 6.07) is 33.7. The normalized spacial score (nSPS) is 15.2. The monoisotopic (exact) mass is 517 g/mol. The zero-order chi connectivity index (χ0) is 25.6. The van der Waals surface area contributed by atoms with Crippen molar-refractivity contribution in [3.63, 3.8) is 0 Å². The van der Waals surface area contributed by atoms with Gasteiger partial charge in [0.05, 0.1) is 12.3 Å². The molecule has 0 N–H and O–H groups in total. The summed E-state index contributed by atoms with van der Waals surface area (Å²) in [6.45, 7) is 2.12. The molecule has 3 aromatic rings. The van der Waals surface area contributed by atoms with E-state index < -0.39 is 7.26 Å². The average molecular weight is 518 g/mol. The van der Waals surface area contributed by atoms with Gasteiger partial charge in [-0.3, -0.25) is 0 Å². The number of nitrogens with zero attached hydrogens (tertiary/aromatic N) is 1. The molecule has 4 rings (SSSR count). The predicted octanol–water partition coefficient (Wildman–Crippen LogP) is 6.93. The van der Waals surface area contributed by atoms with E-state index in [1.54, 1.807) is 0 Å². The first kappa shape index (κ1) is 28.0. The van der Waals surface area contributed by atoms with Crippen LogP contribution < -0.4 is 15.9 Å². The van der Waals surface area contributed by atoms with Crippen molar-refractivity contribution in [1.29, 1.82) is 0 Å². The van der Waals surface area contributed by atoms with Gasteiger partial charge in [-0.25, -0.2) is 0 Å². The first-order chi connectivity index (χ1) is 18.3. The van der Waals surface area contributed by atoms with Crippen molar-refractivity contribution >= 4 is 23.2 Å². The van der Waals surface area contributed by atoms with Crippen molar-refractivity contribution < 1.29 is 9.94 Å². The second-order valence-electron chi connectivity index (χ2n) is 10.4. The van der Waals surface area contributed by atoms with Crippen LogP contribution in [0, 0.1) is 0 Å². The van der Waals surface area contributed by atoms with E-state index in [0.29, 0.717) is 19.2 Å². The van der Waals surface area contributed by atoms with E-state index >= 15 is 0 Å². The second-order valence-corrected chi connectivity index (χ2v) is 14.0. The highest BCUT2D eigenvalue weighted by atomic mass is 31.2. The summed E-state index contributed by atoms with van der Waals surface area (Å²) in [7, 11) is -1.68. The van der Waals surface area contributed by atoms with Gasteiger partial charge in [-0.05, 0) is 68.5 Å². The largest absolute Gasteiger partial charge is 0.378 e. The molecule has 1 saturated heterocycles. The third-order valence-corrected chi connectivity index (χ3v) is 12.3. The van der Waals surface area contributed by atoms with E-state index in [9.17, 15) is 5.21 Å². The maximum absolute atomic E-state index is 11.3. The van der Waals surface area contributed by atoms with Gasteiger partial charge in [0.25, 0.3) is 0 Å². The Balaban J connectivity index is 1.22.